The van der Waals surface area contributed by atoms with Crippen LogP contribution in [0.5, 0.6) is 11.5 Å². The highest BCUT2D eigenvalue weighted by Crippen LogP contribution is 2.37. The fourth-order valence-corrected chi connectivity index (χ4v) is 4.95. The molecule has 0 fully saturated rings. The Kier molecular flexibility index (Phi) is 7.86. The van der Waals surface area contributed by atoms with Gasteiger partial charge < -0.3 is 10.1 Å². The summed E-state index contributed by atoms with van der Waals surface area (Å²) in [6.45, 7) is 0. The van der Waals surface area contributed by atoms with Crippen LogP contribution in [0.2, 0.25) is 0 Å². The van der Waals surface area contributed by atoms with Crippen LogP contribution in [0.15, 0.2) is 84.9 Å². The molecular weight excluding hydrogens is 572 g/mol. The fourth-order valence-electron chi connectivity index (χ4n) is 4.01. The highest BCUT2D eigenvalue weighted by atomic mass is 32.1. The van der Waals surface area contributed by atoms with Gasteiger partial charge in [0.1, 0.15) is 28.9 Å². The second-order valence-corrected chi connectivity index (χ2v) is 9.90. The van der Waals surface area contributed by atoms with Crippen molar-refractivity contribution in [3.05, 3.63) is 113 Å². The number of hydrogen-bond donors (Lipinski definition) is 2. The molecule has 0 aliphatic carbocycles. The number of nitrogens with one attached hydrogen (secondary N) is 2. The van der Waals surface area contributed by atoms with Gasteiger partial charge in [-0.05, 0) is 48.0 Å². The summed E-state index contributed by atoms with van der Waals surface area (Å²) >= 11 is 1.08. The summed E-state index contributed by atoms with van der Waals surface area (Å²) in [5.74, 6) is -1.68. The minimum absolute atomic E-state index is 0.0868. The summed E-state index contributed by atoms with van der Waals surface area (Å²) in [6.07, 6.45) is -4.98. The van der Waals surface area contributed by atoms with Crippen molar-refractivity contribution in [2.45, 2.75) is 12.6 Å². The number of nitrogens with zero attached hydrogens (tertiary/aromatic N) is 2. The maximum atomic E-state index is 14.5. The van der Waals surface area contributed by atoms with Gasteiger partial charge in [-0.15, -0.1) is 0 Å². The van der Waals surface area contributed by atoms with E-state index in [2.05, 4.69) is 21.7 Å². The average Bonchev–Trinajstić information content (AvgIpc) is 3.37. The van der Waals surface area contributed by atoms with E-state index in [4.69, 9.17) is 4.74 Å². The second-order valence-electron chi connectivity index (χ2n) is 8.90. The van der Waals surface area contributed by atoms with Crippen molar-refractivity contribution >= 4 is 44.2 Å². The van der Waals surface area contributed by atoms with Crippen molar-refractivity contribution in [3.8, 4) is 17.6 Å². The average molecular weight is 591 g/mol. The molecule has 4 aromatic carbocycles. The largest absolute Gasteiger partial charge is 0.456 e. The highest BCUT2D eigenvalue weighted by Gasteiger charge is 2.30. The standard InChI is InChI=1S/C30H18F4N4O3S/c31-22-10-9-20(15-24(22)36-26(39)14-17-5-4-8-19(13-17)30(32,33)34)41-25-12-11-23-27(21(25)16-35)42-29(37-23)38-28(40)18-6-2-1-3-7-18/h1-13,15H,14H2,(H,36,39)(H,37,38,40). The molecule has 210 valence electrons. The number of alkyl halides is 3. The monoisotopic (exact) mass is 590 g/mol. The lowest BCUT2D eigenvalue weighted by Crippen LogP contribution is -2.16. The van der Waals surface area contributed by atoms with Crippen molar-refractivity contribution in [1.29, 1.82) is 5.26 Å². The SMILES string of the molecule is N#Cc1c(Oc2ccc(F)c(NC(=O)Cc3cccc(C(F)(F)F)c3)c2)ccc2nc(NC(=O)c3ccccc3)sc12. The quantitative estimate of drug-likeness (QED) is 0.191. The highest BCUT2D eigenvalue weighted by molar-refractivity contribution is 7.22. The lowest BCUT2D eigenvalue weighted by molar-refractivity contribution is -0.137. The Balaban J connectivity index is 1.33. The zero-order chi connectivity index (χ0) is 29.9. The molecule has 5 aromatic rings. The van der Waals surface area contributed by atoms with Crippen LogP contribution < -0.4 is 15.4 Å². The summed E-state index contributed by atoms with van der Waals surface area (Å²) < 4.78 is 59.7. The maximum Gasteiger partial charge on any atom is 0.416 e. The molecule has 5 rings (SSSR count). The van der Waals surface area contributed by atoms with Gasteiger partial charge in [-0.2, -0.15) is 18.4 Å². The predicted molar refractivity (Wildman–Crippen MR) is 149 cm³/mol. The Morgan fingerprint density at radius 2 is 1.74 bits per heavy atom. The number of rotatable bonds is 7. The maximum absolute atomic E-state index is 14.5. The summed E-state index contributed by atoms with van der Waals surface area (Å²) in [7, 11) is 0. The minimum atomic E-state index is -4.56. The van der Waals surface area contributed by atoms with Gasteiger partial charge in [-0.3, -0.25) is 14.9 Å². The number of ether oxygens (including phenoxy) is 1. The van der Waals surface area contributed by atoms with E-state index >= 15 is 0 Å². The van der Waals surface area contributed by atoms with Gasteiger partial charge in [-0.25, -0.2) is 9.37 Å². The van der Waals surface area contributed by atoms with Gasteiger partial charge in [-0.1, -0.05) is 47.7 Å². The molecule has 2 amide bonds. The predicted octanol–water partition coefficient (Wildman–Crippen LogP) is 7.55. The topological polar surface area (TPSA) is 104 Å². The Labute approximate surface area is 240 Å². The first-order chi connectivity index (χ1) is 20.1. The number of anilines is 2. The van der Waals surface area contributed by atoms with Gasteiger partial charge in [0, 0.05) is 11.6 Å². The molecule has 0 saturated heterocycles. The summed E-state index contributed by atoms with van der Waals surface area (Å²) in [5, 5.41) is 15.2. The van der Waals surface area contributed by atoms with Crippen LogP contribution in [0.1, 0.15) is 27.0 Å². The second kappa shape index (κ2) is 11.7. The van der Waals surface area contributed by atoms with Gasteiger partial charge >= 0.3 is 6.18 Å². The molecule has 0 aliphatic heterocycles. The Hall–Kier alpha value is -5.28. The third-order valence-electron chi connectivity index (χ3n) is 5.95. The van der Waals surface area contributed by atoms with Crippen LogP contribution in [0, 0.1) is 17.1 Å². The molecule has 12 heteroatoms. The Morgan fingerprint density at radius 1 is 0.952 bits per heavy atom. The molecule has 7 nitrogen and oxygen atoms in total. The molecule has 0 radical (unpaired) electrons. The van der Waals surface area contributed by atoms with Crippen molar-refractivity contribution in [2.75, 3.05) is 10.6 Å². The Morgan fingerprint density at radius 3 is 2.48 bits per heavy atom. The third-order valence-corrected chi connectivity index (χ3v) is 6.95. The number of benzene rings is 4. The van der Waals surface area contributed by atoms with Crippen molar-refractivity contribution < 1.29 is 31.9 Å². The normalized spacial score (nSPS) is 11.1. The summed E-state index contributed by atoms with van der Waals surface area (Å²) in [5.41, 5.74) is -0.0288. The molecule has 0 atom stereocenters. The van der Waals surface area contributed by atoms with Crippen molar-refractivity contribution in [1.82, 2.24) is 4.98 Å². The number of nitriles is 1. The number of hydrogen-bond acceptors (Lipinski definition) is 6. The number of fused-ring (bicyclic) bond motifs is 1. The van der Waals surface area contributed by atoms with E-state index in [1.807, 2.05) is 0 Å². The number of amides is 2. The van der Waals surface area contributed by atoms with E-state index in [-0.39, 0.29) is 39.4 Å². The zero-order valence-corrected chi connectivity index (χ0v) is 22.1. The van der Waals surface area contributed by atoms with E-state index < -0.39 is 29.9 Å². The van der Waals surface area contributed by atoms with E-state index in [9.17, 15) is 32.4 Å². The molecule has 2 N–H and O–H groups in total. The molecule has 0 spiro atoms. The van der Waals surface area contributed by atoms with Crippen LogP contribution in [-0.2, 0) is 17.4 Å². The van der Waals surface area contributed by atoms with Gasteiger partial charge in [0.25, 0.3) is 5.91 Å². The minimum Gasteiger partial charge on any atom is -0.456 e. The van der Waals surface area contributed by atoms with Crippen LogP contribution >= 0.6 is 11.3 Å². The first-order valence-corrected chi connectivity index (χ1v) is 13.1. The summed E-state index contributed by atoms with van der Waals surface area (Å²) in [6, 6.07) is 21.5. The third kappa shape index (κ3) is 6.37. The molecule has 0 bridgehead atoms. The lowest BCUT2D eigenvalue weighted by Gasteiger charge is -2.12. The molecule has 0 unspecified atom stereocenters. The van der Waals surface area contributed by atoms with Crippen molar-refractivity contribution in [3.63, 3.8) is 0 Å². The lowest BCUT2D eigenvalue weighted by atomic mass is 10.1. The van der Waals surface area contributed by atoms with E-state index in [0.29, 0.717) is 15.8 Å². The number of halogens is 4. The first-order valence-electron chi connectivity index (χ1n) is 12.2. The van der Waals surface area contributed by atoms with Crippen LogP contribution in [0.3, 0.4) is 0 Å². The van der Waals surface area contributed by atoms with E-state index in [0.717, 1.165) is 29.5 Å². The van der Waals surface area contributed by atoms with E-state index in [1.54, 1.807) is 36.4 Å². The van der Waals surface area contributed by atoms with Gasteiger partial charge in [0.2, 0.25) is 5.91 Å². The molecular formula is C30H18F4N4O3S. The van der Waals surface area contributed by atoms with Crippen LogP contribution in [-0.4, -0.2) is 16.8 Å². The fraction of sp³-hybridized carbons (Fsp3) is 0.0667. The number of carbonyl (C=O) groups is 2. The molecule has 1 aromatic heterocycles. The molecule has 0 aliphatic rings. The van der Waals surface area contributed by atoms with Crippen LogP contribution in [0.25, 0.3) is 10.2 Å². The molecule has 0 saturated carbocycles. The zero-order valence-electron chi connectivity index (χ0n) is 21.3. The Bertz CT molecular complexity index is 1850. The molecule has 1 heterocycles. The van der Waals surface area contributed by atoms with Crippen LogP contribution in [0.4, 0.5) is 28.4 Å². The number of aromatic nitrogens is 1. The number of carbonyl (C=O) groups excluding carboxylic acids is 2. The first kappa shape index (κ1) is 28.3. The molecule has 42 heavy (non-hydrogen) atoms. The summed E-state index contributed by atoms with van der Waals surface area (Å²) in [4.78, 5) is 29.4. The van der Waals surface area contributed by atoms with Gasteiger partial charge in [0.15, 0.2) is 5.13 Å². The smallest absolute Gasteiger partial charge is 0.416 e. The van der Waals surface area contributed by atoms with Crippen molar-refractivity contribution in [2.24, 2.45) is 0 Å². The van der Waals surface area contributed by atoms with Gasteiger partial charge in [0.05, 0.1) is 27.9 Å². The van der Waals surface area contributed by atoms with E-state index in [1.165, 1.54) is 30.3 Å². The number of thiazole rings is 1.